The van der Waals surface area contributed by atoms with E-state index in [1.54, 1.807) is 6.92 Å². The summed E-state index contributed by atoms with van der Waals surface area (Å²) in [5.74, 6) is 0.0651. The SMILES string of the molecule is CCC(=O)NC1(/C(N)=N/O)CCCC1. The molecule has 0 heterocycles. The number of carbonyl (C=O) groups is 1. The van der Waals surface area contributed by atoms with Gasteiger partial charge in [-0.1, -0.05) is 24.9 Å². The molecule has 0 bridgehead atoms. The molecule has 5 heteroatoms. The minimum atomic E-state index is -0.595. The van der Waals surface area contributed by atoms with Crippen molar-refractivity contribution in [1.82, 2.24) is 5.32 Å². The fourth-order valence-corrected chi connectivity index (χ4v) is 1.87. The maximum absolute atomic E-state index is 11.3. The molecule has 0 aromatic carbocycles. The molecule has 0 spiro atoms. The second kappa shape index (κ2) is 4.30. The summed E-state index contributed by atoms with van der Waals surface area (Å²) in [5, 5.41) is 14.5. The summed E-state index contributed by atoms with van der Waals surface area (Å²) in [6.45, 7) is 1.78. The van der Waals surface area contributed by atoms with Gasteiger partial charge in [0, 0.05) is 6.42 Å². The molecule has 0 aliphatic heterocycles. The van der Waals surface area contributed by atoms with E-state index >= 15 is 0 Å². The van der Waals surface area contributed by atoms with Crippen LogP contribution in [0.2, 0.25) is 0 Å². The van der Waals surface area contributed by atoms with Gasteiger partial charge in [-0.05, 0) is 12.8 Å². The molecule has 4 N–H and O–H groups in total. The number of oxime groups is 1. The molecule has 80 valence electrons. The highest BCUT2D eigenvalue weighted by molar-refractivity contribution is 5.94. The number of hydrogen-bond acceptors (Lipinski definition) is 3. The summed E-state index contributed by atoms with van der Waals surface area (Å²) in [5.41, 5.74) is 5.01. The van der Waals surface area contributed by atoms with Gasteiger partial charge in [-0.3, -0.25) is 4.79 Å². The molecule has 1 amide bonds. The van der Waals surface area contributed by atoms with Gasteiger partial charge in [-0.25, -0.2) is 0 Å². The Labute approximate surface area is 83.3 Å². The summed E-state index contributed by atoms with van der Waals surface area (Å²) in [7, 11) is 0. The largest absolute Gasteiger partial charge is 0.409 e. The van der Waals surface area contributed by atoms with Crippen LogP contribution in [-0.2, 0) is 4.79 Å². The second-order valence-corrected chi connectivity index (χ2v) is 3.68. The number of hydrogen-bond donors (Lipinski definition) is 3. The van der Waals surface area contributed by atoms with E-state index in [9.17, 15) is 4.79 Å². The van der Waals surface area contributed by atoms with Crippen LogP contribution in [0.1, 0.15) is 39.0 Å². The van der Waals surface area contributed by atoms with Crippen molar-refractivity contribution in [2.75, 3.05) is 0 Å². The van der Waals surface area contributed by atoms with Gasteiger partial charge in [-0.2, -0.15) is 0 Å². The third-order valence-electron chi connectivity index (χ3n) is 2.75. The van der Waals surface area contributed by atoms with Gasteiger partial charge in [-0.15, -0.1) is 0 Å². The molecule has 1 aliphatic carbocycles. The lowest BCUT2D eigenvalue weighted by molar-refractivity contribution is -0.122. The average Bonchev–Trinajstić information content (AvgIpc) is 2.66. The van der Waals surface area contributed by atoms with E-state index in [-0.39, 0.29) is 11.7 Å². The molecule has 1 fully saturated rings. The molecule has 0 unspecified atom stereocenters. The van der Waals surface area contributed by atoms with Gasteiger partial charge < -0.3 is 16.3 Å². The lowest BCUT2D eigenvalue weighted by Gasteiger charge is -2.28. The van der Waals surface area contributed by atoms with Crippen molar-refractivity contribution in [1.29, 1.82) is 0 Å². The lowest BCUT2D eigenvalue weighted by atomic mass is 9.96. The fraction of sp³-hybridized carbons (Fsp3) is 0.778. The number of carbonyl (C=O) groups excluding carboxylic acids is 1. The number of nitrogens with two attached hydrogens (primary N) is 1. The molecule has 5 nitrogen and oxygen atoms in total. The maximum atomic E-state index is 11.3. The number of nitrogens with one attached hydrogen (secondary N) is 1. The Kier molecular flexibility index (Phi) is 3.33. The third-order valence-corrected chi connectivity index (χ3v) is 2.75. The van der Waals surface area contributed by atoms with Crippen molar-refractivity contribution in [3.8, 4) is 0 Å². The minimum absolute atomic E-state index is 0.0569. The summed E-state index contributed by atoms with van der Waals surface area (Å²) in [4.78, 5) is 11.3. The van der Waals surface area contributed by atoms with Gasteiger partial charge in [0.1, 0.15) is 5.54 Å². The Bertz CT molecular complexity index is 244. The van der Waals surface area contributed by atoms with Crippen molar-refractivity contribution >= 4 is 11.7 Å². The van der Waals surface area contributed by atoms with Gasteiger partial charge in [0.25, 0.3) is 0 Å². The molecule has 1 saturated carbocycles. The van der Waals surface area contributed by atoms with Crippen molar-refractivity contribution in [2.45, 2.75) is 44.6 Å². The second-order valence-electron chi connectivity index (χ2n) is 3.68. The highest BCUT2D eigenvalue weighted by Crippen LogP contribution is 2.29. The fourth-order valence-electron chi connectivity index (χ4n) is 1.87. The van der Waals surface area contributed by atoms with Crippen molar-refractivity contribution in [2.24, 2.45) is 10.9 Å². The number of amides is 1. The van der Waals surface area contributed by atoms with E-state index in [0.29, 0.717) is 6.42 Å². The van der Waals surface area contributed by atoms with Crippen LogP contribution in [0.5, 0.6) is 0 Å². The monoisotopic (exact) mass is 199 g/mol. The van der Waals surface area contributed by atoms with Gasteiger partial charge in [0.2, 0.25) is 5.91 Å². The molecule has 1 aliphatic rings. The Morgan fingerprint density at radius 3 is 2.57 bits per heavy atom. The lowest BCUT2D eigenvalue weighted by Crippen LogP contribution is -2.55. The van der Waals surface area contributed by atoms with E-state index in [1.807, 2.05) is 0 Å². The van der Waals surface area contributed by atoms with Gasteiger partial charge in [0.05, 0.1) is 0 Å². The van der Waals surface area contributed by atoms with Crippen molar-refractivity contribution in [3.63, 3.8) is 0 Å². The van der Waals surface area contributed by atoms with Crippen molar-refractivity contribution < 1.29 is 10.0 Å². The molecule has 0 atom stereocenters. The quantitative estimate of drug-likeness (QED) is 0.269. The molecule has 0 radical (unpaired) electrons. The zero-order valence-electron chi connectivity index (χ0n) is 8.42. The molecule has 14 heavy (non-hydrogen) atoms. The Morgan fingerprint density at radius 1 is 1.57 bits per heavy atom. The molecular weight excluding hydrogens is 182 g/mol. The highest BCUT2D eigenvalue weighted by Gasteiger charge is 2.39. The molecule has 0 aromatic heterocycles. The highest BCUT2D eigenvalue weighted by atomic mass is 16.4. The Hall–Kier alpha value is -1.26. The van der Waals surface area contributed by atoms with Crippen LogP contribution in [0.3, 0.4) is 0 Å². The van der Waals surface area contributed by atoms with Crippen LogP contribution in [0.25, 0.3) is 0 Å². The minimum Gasteiger partial charge on any atom is -0.409 e. The molecule has 0 saturated heterocycles. The number of amidine groups is 1. The van der Waals surface area contributed by atoms with Crippen LogP contribution in [-0.4, -0.2) is 22.5 Å². The summed E-state index contributed by atoms with van der Waals surface area (Å²) in [6, 6.07) is 0. The normalized spacial score (nSPS) is 20.8. The number of nitrogens with zero attached hydrogens (tertiary/aromatic N) is 1. The third kappa shape index (κ3) is 1.97. The van der Waals surface area contributed by atoms with Crippen molar-refractivity contribution in [3.05, 3.63) is 0 Å². The Morgan fingerprint density at radius 2 is 2.14 bits per heavy atom. The van der Waals surface area contributed by atoms with E-state index in [0.717, 1.165) is 25.7 Å². The van der Waals surface area contributed by atoms with Crippen LogP contribution >= 0.6 is 0 Å². The Balaban J connectivity index is 2.77. The maximum Gasteiger partial charge on any atom is 0.220 e. The first-order chi connectivity index (χ1) is 6.64. The van der Waals surface area contributed by atoms with Crippen LogP contribution in [0.15, 0.2) is 5.16 Å². The topological polar surface area (TPSA) is 87.7 Å². The van der Waals surface area contributed by atoms with Gasteiger partial charge >= 0.3 is 0 Å². The van der Waals surface area contributed by atoms with Gasteiger partial charge in [0.15, 0.2) is 5.84 Å². The zero-order valence-corrected chi connectivity index (χ0v) is 8.42. The first kappa shape index (κ1) is 10.8. The molecule has 0 aromatic rings. The van der Waals surface area contributed by atoms with E-state index in [1.165, 1.54) is 0 Å². The predicted molar refractivity (Wildman–Crippen MR) is 53.0 cm³/mol. The van der Waals surface area contributed by atoms with Crippen LogP contribution in [0.4, 0.5) is 0 Å². The summed E-state index contributed by atoms with van der Waals surface area (Å²) in [6.07, 6.45) is 3.93. The van der Waals surface area contributed by atoms with E-state index in [2.05, 4.69) is 10.5 Å². The molecule has 1 rings (SSSR count). The summed E-state index contributed by atoms with van der Waals surface area (Å²) >= 11 is 0. The van der Waals surface area contributed by atoms with Crippen LogP contribution < -0.4 is 11.1 Å². The zero-order chi connectivity index (χ0) is 10.6. The number of rotatable bonds is 3. The predicted octanol–water partition coefficient (Wildman–Crippen LogP) is 0.572. The van der Waals surface area contributed by atoms with Crippen LogP contribution in [0, 0.1) is 0 Å². The van der Waals surface area contributed by atoms with E-state index < -0.39 is 5.54 Å². The average molecular weight is 199 g/mol. The molecular formula is C9H17N3O2. The standard InChI is InChI=1S/C9H17N3O2/c1-2-7(13)11-9(8(10)12-14)5-3-4-6-9/h14H,2-6H2,1H3,(H2,10,12)(H,11,13). The van der Waals surface area contributed by atoms with E-state index in [4.69, 9.17) is 10.9 Å². The first-order valence-electron chi connectivity index (χ1n) is 4.93. The first-order valence-corrected chi connectivity index (χ1v) is 4.93. The summed E-state index contributed by atoms with van der Waals surface area (Å²) < 4.78 is 0. The smallest absolute Gasteiger partial charge is 0.220 e.